The second kappa shape index (κ2) is 11.0. The molecular formula is C48H30N2S. The Bertz CT molecular complexity index is 3130. The molecule has 0 saturated heterocycles. The summed E-state index contributed by atoms with van der Waals surface area (Å²) in [6.45, 7) is 0. The third kappa shape index (κ3) is 4.35. The molecule has 0 aliphatic rings. The number of fused-ring (bicyclic) bond motifs is 9. The molecule has 0 atom stereocenters. The fraction of sp³-hybridized carbons (Fsp3) is 0. The van der Waals surface area contributed by atoms with Gasteiger partial charge in [0, 0.05) is 53.1 Å². The first-order valence-corrected chi connectivity index (χ1v) is 18.2. The molecule has 0 amide bonds. The second-order valence-electron chi connectivity index (χ2n) is 13.4. The van der Waals surface area contributed by atoms with E-state index in [4.69, 9.17) is 0 Å². The lowest BCUT2D eigenvalue weighted by atomic mass is 9.99. The van der Waals surface area contributed by atoms with Crippen molar-refractivity contribution in [2.45, 2.75) is 0 Å². The van der Waals surface area contributed by atoms with Gasteiger partial charge >= 0.3 is 0 Å². The molecule has 0 saturated carbocycles. The number of nitrogens with zero attached hydrogens (tertiary/aromatic N) is 2. The van der Waals surface area contributed by atoms with Crippen LogP contribution in [0, 0.1) is 0 Å². The molecule has 0 bridgehead atoms. The first-order chi connectivity index (χ1) is 25.3. The molecule has 0 unspecified atom stereocenters. The molecule has 0 radical (unpaired) electrons. The van der Waals surface area contributed by atoms with Crippen LogP contribution in [0.25, 0.3) is 97.4 Å². The van der Waals surface area contributed by atoms with E-state index in [0.717, 1.165) is 0 Å². The fourth-order valence-corrected chi connectivity index (χ4v) is 9.29. The predicted molar refractivity (Wildman–Crippen MR) is 219 cm³/mol. The highest BCUT2D eigenvalue weighted by Crippen LogP contribution is 2.41. The zero-order chi connectivity index (χ0) is 33.5. The summed E-state index contributed by atoms with van der Waals surface area (Å²) in [5, 5.41) is 7.69. The van der Waals surface area contributed by atoms with Gasteiger partial charge in [-0.15, -0.1) is 11.3 Å². The molecule has 11 aromatic rings. The van der Waals surface area contributed by atoms with Crippen LogP contribution in [0.5, 0.6) is 0 Å². The van der Waals surface area contributed by atoms with Gasteiger partial charge in [-0.2, -0.15) is 0 Å². The van der Waals surface area contributed by atoms with E-state index in [9.17, 15) is 0 Å². The molecule has 11 rings (SSSR count). The molecule has 0 fully saturated rings. The summed E-state index contributed by atoms with van der Waals surface area (Å²) < 4.78 is 7.47. The number of hydrogen-bond acceptors (Lipinski definition) is 1. The van der Waals surface area contributed by atoms with Gasteiger partial charge in [0.05, 0.1) is 22.1 Å². The van der Waals surface area contributed by atoms with Gasteiger partial charge in [-0.1, -0.05) is 109 Å². The summed E-state index contributed by atoms with van der Waals surface area (Å²) in [6.07, 6.45) is 0. The van der Waals surface area contributed by atoms with E-state index in [1.54, 1.807) is 0 Å². The highest BCUT2D eigenvalue weighted by Gasteiger charge is 2.17. The third-order valence-corrected chi connectivity index (χ3v) is 11.6. The maximum absolute atomic E-state index is 2.43. The first-order valence-electron chi connectivity index (χ1n) is 17.4. The van der Waals surface area contributed by atoms with Crippen LogP contribution in [0.3, 0.4) is 0 Å². The van der Waals surface area contributed by atoms with Crippen molar-refractivity contribution in [3.63, 3.8) is 0 Å². The molecule has 0 N–H and O–H groups in total. The van der Waals surface area contributed by atoms with Crippen molar-refractivity contribution in [3.05, 3.63) is 182 Å². The van der Waals surface area contributed by atoms with Crippen molar-refractivity contribution in [2.24, 2.45) is 0 Å². The Morgan fingerprint density at radius 2 is 0.765 bits per heavy atom. The molecule has 3 aromatic heterocycles. The Morgan fingerprint density at radius 1 is 0.275 bits per heavy atom. The molecule has 2 nitrogen and oxygen atoms in total. The molecule has 0 spiro atoms. The summed E-state index contributed by atoms with van der Waals surface area (Å²) >= 11 is 1.87. The van der Waals surface area contributed by atoms with Crippen LogP contribution < -0.4 is 0 Å². The van der Waals surface area contributed by atoms with Gasteiger partial charge in [0.2, 0.25) is 0 Å². The van der Waals surface area contributed by atoms with Crippen molar-refractivity contribution in [1.82, 2.24) is 9.13 Å². The lowest BCUT2D eigenvalue weighted by Crippen LogP contribution is -1.93. The van der Waals surface area contributed by atoms with Crippen molar-refractivity contribution < 1.29 is 0 Å². The zero-order valence-electron chi connectivity index (χ0n) is 27.6. The summed E-state index contributed by atoms with van der Waals surface area (Å²) in [5.41, 5.74) is 12.1. The van der Waals surface area contributed by atoms with Crippen LogP contribution >= 0.6 is 11.3 Å². The van der Waals surface area contributed by atoms with E-state index in [2.05, 4.69) is 191 Å². The monoisotopic (exact) mass is 666 g/mol. The number of para-hydroxylation sites is 2. The van der Waals surface area contributed by atoms with E-state index in [-0.39, 0.29) is 0 Å². The van der Waals surface area contributed by atoms with Crippen LogP contribution in [0.2, 0.25) is 0 Å². The highest BCUT2D eigenvalue weighted by atomic mass is 32.1. The maximum atomic E-state index is 2.43. The maximum Gasteiger partial charge on any atom is 0.0541 e. The number of hydrogen-bond donors (Lipinski definition) is 0. The molecule has 238 valence electrons. The van der Waals surface area contributed by atoms with E-state index in [1.165, 1.54) is 97.4 Å². The smallest absolute Gasteiger partial charge is 0.0541 e. The summed E-state index contributed by atoms with van der Waals surface area (Å²) in [6, 6.07) is 66.7. The first kappa shape index (κ1) is 28.4. The van der Waals surface area contributed by atoms with Gasteiger partial charge in [-0.3, -0.25) is 0 Å². The minimum absolute atomic E-state index is 1.17. The van der Waals surface area contributed by atoms with Crippen molar-refractivity contribution in [3.8, 4) is 33.6 Å². The molecule has 3 heterocycles. The van der Waals surface area contributed by atoms with E-state index in [0.29, 0.717) is 0 Å². The van der Waals surface area contributed by atoms with E-state index in [1.807, 2.05) is 11.3 Å². The van der Waals surface area contributed by atoms with Gasteiger partial charge < -0.3 is 9.13 Å². The minimum atomic E-state index is 1.17. The van der Waals surface area contributed by atoms with Gasteiger partial charge in [0.15, 0.2) is 0 Å². The fourth-order valence-electron chi connectivity index (χ4n) is 8.15. The van der Waals surface area contributed by atoms with Gasteiger partial charge in [-0.25, -0.2) is 0 Å². The Morgan fingerprint density at radius 3 is 1.45 bits per heavy atom. The molecule has 0 aliphatic heterocycles. The highest BCUT2D eigenvalue weighted by molar-refractivity contribution is 7.25. The van der Waals surface area contributed by atoms with Gasteiger partial charge in [-0.05, 0) is 95.1 Å². The third-order valence-electron chi connectivity index (χ3n) is 10.5. The van der Waals surface area contributed by atoms with Crippen LogP contribution in [-0.2, 0) is 0 Å². The standard InChI is InChI=1S/C48H30N2S/c1-3-11-31(12-4-1)32-19-24-45-41(27-32)42-29-34(21-26-46(42)49(45)35-13-5-2-6-14-35)33-20-25-44-40(28-33)37-15-7-9-17-43(37)50(44)36-22-23-39-38-16-8-10-18-47(38)51-48(39)30-36/h1-30H. The summed E-state index contributed by atoms with van der Waals surface area (Å²) in [4.78, 5) is 0. The summed E-state index contributed by atoms with van der Waals surface area (Å²) in [5.74, 6) is 0. The molecule has 8 aromatic carbocycles. The molecule has 51 heavy (non-hydrogen) atoms. The molecular weight excluding hydrogens is 637 g/mol. The largest absolute Gasteiger partial charge is 0.309 e. The van der Waals surface area contributed by atoms with Crippen molar-refractivity contribution in [2.75, 3.05) is 0 Å². The zero-order valence-corrected chi connectivity index (χ0v) is 28.4. The second-order valence-corrected chi connectivity index (χ2v) is 14.4. The van der Waals surface area contributed by atoms with Crippen LogP contribution in [0.1, 0.15) is 0 Å². The number of rotatable bonds is 4. The normalized spacial score (nSPS) is 11.9. The Kier molecular flexibility index (Phi) is 6.16. The molecule has 0 aliphatic carbocycles. The van der Waals surface area contributed by atoms with Crippen molar-refractivity contribution in [1.29, 1.82) is 0 Å². The number of aromatic nitrogens is 2. The lowest BCUT2D eigenvalue weighted by molar-refractivity contribution is 1.18. The van der Waals surface area contributed by atoms with E-state index < -0.39 is 0 Å². The van der Waals surface area contributed by atoms with Gasteiger partial charge in [0.25, 0.3) is 0 Å². The molecule has 3 heteroatoms. The predicted octanol–water partition coefficient (Wildman–Crippen LogP) is 13.6. The number of thiophene rings is 1. The average molecular weight is 667 g/mol. The Labute approximate surface area is 298 Å². The summed E-state index contributed by atoms with van der Waals surface area (Å²) in [7, 11) is 0. The quantitative estimate of drug-likeness (QED) is 0.177. The number of benzene rings is 8. The van der Waals surface area contributed by atoms with Crippen LogP contribution in [-0.4, -0.2) is 9.13 Å². The van der Waals surface area contributed by atoms with Crippen LogP contribution in [0.4, 0.5) is 0 Å². The van der Waals surface area contributed by atoms with Crippen LogP contribution in [0.15, 0.2) is 182 Å². The van der Waals surface area contributed by atoms with Crippen molar-refractivity contribution >= 4 is 75.1 Å². The Hall–Kier alpha value is -6.42. The Balaban J connectivity index is 1.11. The SMILES string of the molecule is c1ccc(-c2ccc3c(c2)c2cc(-c4ccc5c(c4)c4ccccc4n5-c4ccc5c(c4)sc4ccccc45)ccc2n3-c2ccccc2)cc1. The van der Waals surface area contributed by atoms with Gasteiger partial charge in [0.1, 0.15) is 0 Å². The van der Waals surface area contributed by atoms with E-state index >= 15 is 0 Å². The average Bonchev–Trinajstić information content (AvgIpc) is 3.85. The topological polar surface area (TPSA) is 9.86 Å². The minimum Gasteiger partial charge on any atom is -0.309 e. The lowest BCUT2D eigenvalue weighted by Gasteiger charge is -2.09.